The fourth-order valence-electron chi connectivity index (χ4n) is 6.21. The Bertz CT molecular complexity index is 1270. The molecule has 0 spiro atoms. The van der Waals surface area contributed by atoms with E-state index in [9.17, 15) is 9.18 Å². The topological polar surface area (TPSA) is 106 Å². The van der Waals surface area contributed by atoms with Crippen molar-refractivity contribution < 1.29 is 23.2 Å². The molecule has 10 nitrogen and oxygen atoms in total. The van der Waals surface area contributed by atoms with Gasteiger partial charge in [-0.15, -0.1) is 0 Å². The van der Waals surface area contributed by atoms with Gasteiger partial charge in [0.1, 0.15) is 5.82 Å². The molecular formula is C29H37FN6O4. The van der Waals surface area contributed by atoms with Crippen LogP contribution in [0, 0.1) is 11.7 Å². The Labute approximate surface area is 233 Å². The predicted octanol–water partition coefficient (Wildman–Crippen LogP) is 4.51. The van der Waals surface area contributed by atoms with Gasteiger partial charge < -0.3 is 29.1 Å². The van der Waals surface area contributed by atoms with Crippen molar-refractivity contribution in [3.05, 3.63) is 42.1 Å². The van der Waals surface area contributed by atoms with E-state index in [2.05, 4.69) is 30.2 Å². The van der Waals surface area contributed by atoms with Crippen LogP contribution in [0.2, 0.25) is 0 Å². The minimum atomic E-state index is -0.445. The van der Waals surface area contributed by atoms with Crippen molar-refractivity contribution in [2.75, 3.05) is 50.8 Å². The van der Waals surface area contributed by atoms with Gasteiger partial charge >= 0.3 is 6.09 Å². The van der Waals surface area contributed by atoms with Crippen LogP contribution in [0.5, 0.6) is 5.75 Å². The second-order valence-electron chi connectivity index (χ2n) is 11.2. The minimum absolute atomic E-state index is 0.138. The third-order valence-corrected chi connectivity index (χ3v) is 8.58. The Hall–Kier alpha value is -3.31. The van der Waals surface area contributed by atoms with E-state index in [1.54, 1.807) is 18.5 Å². The van der Waals surface area contributed by atoms with Gasteiger partial charge in [-0.1, -0.05) is 5.16 Å². The Morgan fingerprint density at radius 3 is 2.52 bits per heavy atom. The van der Waals surface area contributed by atoms with Crippen LogP contribution in [0.4, 0.5) is 15.1 Å². The van der Waals surface area contributed by atoms with Crippen LogP contribution < -0.4 is 15.0 Å². The van der Waals surface area contributed by atoms with Crippen molar-refractivity contribution in [2.24, 2.45) is 5.92 Å². The Balaban J connectivity index is 0.880. The molecule has 2 aromatic heterocycles. The normalized spacial score (nSPS) is 22.9. The number of carbonyl (C=O) groups excluding carboxylic acids is 1. The Morgan fingerprint density at radius 1 is 1.02 bits per heavy atom. The standard InChI is InChI=1S/C29H37FN6O4/c30-22-3-6-25-26(17-22)40-34-27(25)21-8-11-35(12-9-21)10-7-20-1-4-23(5-2-20)33-29(37)39-24-18-31-28(32-19-24)36-13-15-38-16-14-36/h3,6,17-21,23H,1-2,4-5,7-16H2,(H,33,37)/t20-,23-. The fourth-order valence-corrected chi connectivity index (χ4v) is 6.21. The summed E-state index contributed by atoms with van der Waals surface area (Å²) >= 11 is 0. The van der Waals surface area contributed by atoms with Crippen LogP contribution in [-0.2, 0) is 4.74 Å². The molecule has 2 aliphatic heterocycles. The van der Waals surface area contributed by atoms with Gasteiger partial charge in [-0.25, -0.2) is 19.2 Å². The third-order valence-electron chi connectivity index (χ3n) is 8.58. The van der Waals surface area contributed by atoms with E-state index >= 15 is 0 Å². The number of morpholine rings is 1. The monoisotopic (exact) mass is 552 g/mol. The van der Waals surface area contributed by atoms with E-state index in [0.717, 1.165) is 82.3 Å². The molecule has 1 amide bonds. The van der Waals surface area contributed by atoms with E-state index < -0.39 is 6.09 Å². The average Bonchev–Trinajstić information content (AvgIpc) is 3.41. The molecule has 0 radical (unpaired) electrons. The van der Waals surface area contributed by atoms with Crippen LogP contribution >= 0.6 is 0 Å². The molecule has 11 heteroatoms. The summed E-state index contributed by atoms with van der Waals surface area (Å²) in [5, 5.41) is 8.22. The van der Waals surface area contributed by atoms with Crippen molar-refractivity contribution in [3.63, 3.8) is 0 Å². The highest BCUT2D eigenvalue weighted by Crippen LogP contribution is 2.33. The maximum absolute atomic E-state index is 13.5. The van der Waals surface area contributed by atoms with Crippen LogP contribution in [0.25, 0.3) is 11.0 Å². The molecule has 0 atom stereocenters. The average molecular weight is 553 g/mol. The quantitative estimate of drug-likeness (QED) is 0.453. The van der Waals surface area contributed by atoms with Gasteiger partial charge in [-0.2, -0.15) is 0 Å². The largest absolute Gasteiger partial charge is 0.412 e. The number of anilines is 1. The van der Waals surface area contributed by atoms with Gasteiger partial charge in [0.25, 0.3) is 0 Å². The highest BCUT2D eigenvalue weighted by molar-refractivity contribution is 5.79. The first kappa shape index (κ1) is 26.9. The predicted molar refractivity (Wildman–Crippen MR) is 147 cm³/mol. The molecule has 0 bridgehead atoms. The number of likely N-dealkylation sites (tertiary alicyclic amines) is 1. The number of nitrogens with one attached hydrogen (secondary N) is 1. The zero-order valence-corrected chi connectivity index (χ0v) is 22.8. The van der Waals surface area contributed by atoms with Gasteiger partial charge in [0.05, 0.1) is 31.3 Å². The van der Waals surface area contributed by atoms with E-state index in [4.69, 9.17) is 14.0 Å². The third kappa shape index (κ3) is 6.52. The first-order valence-electron chi connectivity index (χ1n) is 14.5. The summed E-state index contributed by atoms with van der Waals surface area (Å²) in [6.45, 7) is 6.03. The highest BCUT2D eigenvalue weighted by atomic mass is 19.1. The number of rotatable bonds is 7. The Kier molecular flexibility index (Phi) is 8.38. The first-order chi connectivity index (χ1) is 19.6. The number of halogens is 1. The van der Waals surface area contributed by atoms with Crippen molar-refractivity contribution in [1.29, 1.82) is 0 Å². The lowest BCUT2D eigenvalue weighted by atomic mass is 9.84. The van der Waals surface area contributed by atoms with Crippen LogP contribution in [-0.4, -0.2) is 78.1 Å². The van der Waals surface area contributed by atoms with Crippen molar-refractivity contribution in [3.8, 4) is 5.75 Å². The fraction of sp³-hybridized carbons (Fsp3) is 0.586. The molecular weight excluding hydrogens is 515 g/mol. The molecule has 1 N–H and O–H groups in total. The number of amides is 1. The molecule has 40 heavy (non-hydrogen) atoms. The van der Waals surface area contributed by atoms with E-state index in [1.165, 1.54) is 18.6 Å². The molecule has 3 aromatic rings. The number of benzene rings is 1. The molecule has 3 aliphatic rings. The lowest BCUT2D eigenvalue weighted by Crippen LogP contribution is -2.40. The summed E-state index contributed by atoms with van der Waals surface area (Å²) in [5.41, 5.74) is 1.50. The molecule has 1 aliphatic carbocycles. The van der Waals surface area contributed by atoms with E-state index in [0.29, 0.717) is 42.3 Å². The summed E-state index contributed by atoms with van der Waals surface area (Å²) in [4.78, 5) is 25.7. The van der Waals surface area contributed by atoms with Crippen LogP contribution in [0.1, 0.15) is 56.6 Å². The number of piperidine rings is 1. The molecule has 3 fully saturated rings. The number of hydrogen-bond acceptors (Lipinski definition) is 9. The smallest absolute Gasteiger partial charge is 0.407 e. The van der Waals surface area contributed by atoms with Crippen LogP contribution in [0.15, 0.2) is 35.1 Å². The highest BCUT2D eigenvalue weighted by Gasteiger charge is 2.27. The number of fused-ring (bicyclic) bond motifs is 1. The molecule has 214 valence electrons. The molecule has 4 heterocycles. The van der Waals surface area contributed by atoms with Gasteiger partial charge in [-0.05, 0) is 82.6 Å². The number of carbonyl (C=O) groups is 1. The molecule has 0 unspecified atom stereocenters. The maximum Gasteiger partial charge on any atom is 0.412 e. The number of hydrogen-bond donors (Lipinski definition) is 1. The van der Waals surface area contributed by atoms with Gasteiger partial charge in [0.15, 0.2) is 11.3 Å². The van der Waals surface area contributed by atoms with Gasteiger partial charge in [0.2, 0.25) is 5.95 Å². The summed E-state index contributed by atoms with van der Waals surface area (Å²) in [6.07, 6.45) is 10.1. The van der Waals surface area contributed by atoms with E-state index in [1.807, 2.05) is 0 Å². The molecule has 2 saturated heterocycles. The maximum atomic E-state index is 13.5. The summed E-state index contributed by atoms with van der Waals surface area (Å²) in [5.74, 6) is 1.72. The van der Waals surface area contributed by atoms with Gasteiger partial charge in [-0.3, -0.25) is 0 Å². The second-order valence-corrected chi connectivity index (χ2v) is 11.2. The summed E-state index contributed by atoms with van der Waals surface area (Å²) in [6, 6.07) is 4.81. The zero-order valence-electron chi connectivity index (χ0n) is 22.8. The second kappa shape index (κ2) is 12.5. The van der Waals surface area contributed by atoms with Crippen LogP contribution in [0.3, 0.4) is 0 Å². The lowest BCUT2D eigenvalue weighted by molar-refractivity contribution is 0.122. The van der Waals surface area contributed by atoms with Crippen molar-refractivity contribution in [2.45, 2.75) is 56.9 Å². The van der Waals surface area contributed by atoms with E-state index in [-0.39, 0.29) is 11.9 Å². The van der Waals surface area contributed by atoms with Gasteiger partial charge in [0, 0.05) is 36.5 Å². The van der Waals surface area contributed by atoms with Crippen molar-refractivity contribution in [1.82, 2.24) is 25.3 Å². The number of aromatic nitrogens is 3. The minimum Gasteiger partial charge on any atom is -0.407 e. The molecule has 6 rings (SSSR count). The number of nitrogens with zero attached hydrogens (tertiary/aromatic N) is 5. The number of ether oxygens (including phenoxy) is 2. The molecule has 1 saturated carbocycles. The lowest BCUT2D eigenvalue weighted by Gasteiger charge is -2.34. The summed E-state index contributed by atoms with van der Waals surface area (Å²) in [7, 11) is 0. The Morgan fingerprint density at radius 2 is 1.77 bits per heavy atom. The zero-order chi connectivity index (χ0) is 27.3. The molecule has 1 aromatic carbocycles. The summed E-state index contributed by atoms with van der Waals surface area (Å²) < 4.78 is 29.6. The van der Waals surface area contributed by atoms with Crippen molar-refractivity contribution >= 4 is 23.0 Å². The SMILES string of the molecule is O=C(N[C@H]1CC[C@H](CCN2CCC(c3noc4cc(F)ccc34)CC2)CC1)Oc1cnc(N2CCOCC2)nc1. The first-order valence-corrected chi connectivity index (χ1v) is 14.5.